The molecule has 154 valence electrons. The molecule has 0 saturated heterocycles. The second-order valence-corrected chi connectivity index (χ2v) is 7.44. The van der Waals surface area contributed by atoms with Crippen LogP contribution in [0.1, 0.15) is 6.42 Å². The number of allylic oxidation sites excluding steroid dienone is 1. The van der Waals surface area contributed by atoms with Gasteiger partial charge in [-0.15, -0.1) is 6.58 Å². The Hall–Kier alpha value is -3.39. The lowest BCUT2D eigenvalue weighted by atomic mass is 10.2. The van der Waals surface area contributed by atoms with Crippen molar-refractivity contribution < 1.29 is 9.59 Å². The maximum atomic E-state index is 13.0. The summed E-state index contributed by atoms with van der Waals surface area (Å²) < 4.78 is 1.50. The minimum Gasteiger partial charge on any atom is -0.370 e. The van der Waals surface area contributed by atoms with E-state index in [0.717, 1.165) is 0 Å². The lowest BCUT2D eigenvalue weighted by Crippen LogP contribution is -2.35. The number of carbonyl (C=O) groups is 2. The fraction of sp³-hybridized carbons (Fsp3) is 0.182. The summed E-state index contributed by atoms with van der Waals surface area (Å²) in [6.07, 6.45) is 1.67. The second kappa shape index (κ2) is 9.89. The summed E-state index contributed by atoms with van der Waals surface area (Å²) in [6, 6.07) is 16.2. The number of nitrogens with zero attached hydrogens (tertiary/aromatic N) is 3. The molecule has 7 nitrogen and oxygen atoms in total. The van der Waals surface area contributed by atoms with Gasteiger partial charge in [0, 0.05) is 25.2 Å². The Morgan fingerprint density at radius 3 is 2.53 bits per heavy atom. The third kappa shape index (κ3) is 4.96. The molecule has 3 aromatic rings. The smallest absolute Gasteiger partial charge is 0.262 e. The average molecular weight is 423 g/mol. The largest absolute Gasteiger partial charge is 0.370 e. The predicted octanol–water partition coefficient (Wildman–Crippen LogP) is 2.58. The number of thioether (sulfide) groups is 1. The van der Waals surface area contributed by atoms with Crippen molar-refractivity contribution in [1.29, 1.82) is 0 Å². The molecule has 30 heavy (non-hydrogen) atoms. The van der Waals surface area contributed by atoms with Crippen molar-refractivity contribution in [2.45, 2.75) is 18.1 Å². The van der Waals surface area contributed by atoms with Gasteiger partial charge in [-0.3, -0.25) is 19.0 Å². The SMILES string of the molecule is C=CCn1c(SCC(=O)N(CCC(N)=O)c2ccccc2)nc2ccccc2c1=O. The molecule has 0 bridgehead atoms. The van der Waals surface area contributed by atoms with E-state index in [2.05, 4.69) is 11.6 Å². The lowest BCUT2D eigenvalue weighted by molar-refractivity contribution is -0.118. The number of rotatable bonds is 9. The molecule has 0 aliphatic rings. The standard InChI is InChI=1S/C22H22N4O3S/c1-2-13-26-21(29)17-10-6-7-11-18(17)24-22(26)30-15-20(28)25(14-12-19(23)27)16-8-4-3-5-9-16/h2-11H,1,12-15H2,(H2,23,27). The first-order chi connectivity index (χ1) is 14.5. The van der Waals surface area contributed by atoms with E-state index in [1.807, 2.05) is 24.3 Å². The molecule has 8 heteroatoms. The number of fused-ring (bicyclic) bond motifs is 1. The highest BCUT2D eigenvalue weighted by Gasteiger charge is 2.19. The van der Waals surface area contributed by atoms with Gasteiger partial charge in [0.15, 0.2) is 5.16 Å². The summed E-state index contributed by atoms with van der Waals surface area (Å²) in [7, 11) is 0. The van der Waals surface area contributed by atoms with Crippen LogP contribution in [0.4, 0.5) is 5.69 Å². The van der Waals surface area contributed by atoms with Crippen LogP contribution in [0.15, 0.2) is 77.2 Å². The van der Waals surface area contributed by atoms with E-state index in [4.69, 9.17) is 5.73 Å². The molecule has 0 unspecified atom stereocenters. The Balaban J connectivity index is 1.86. The number of anilines is 1. The number of nitrogens with two attached hydrogens (primary N) is 1. The van der Waals surface area contributed by atoms with Gasteiger partial charge in [-0.25, -0.2) is 4.98 Å². The fourth-order valence-corrected chi connectivity index (χ4v) is 3.86. The zero-order valence-electron chi connectivity index (χ0n) is 16.4. The first-order valence-electron chi connectivity index (χ1n) is 9.38. The van der Waals surface area contributed by atoms with Gasteiger partial charge in [0.25, 0.3) is 5.56 Å². The molecule has 0 saturated carbocycles. The third-order valence-electron chi connectivity index (χ3n) is 4.41. The van der Waals surface area contributed by atoms with Gasteiger partial charge in [-0.1, -0.05) is 48.2 Å². The summed E-state index contributed by atoms with van der Waals surface area (Å²) in [5.74, 6) is -0.636. The van der Waals surface area contributed by atoms with Crippen molar-refractivity contribution in [3.8, 4) is 0 Å². The summed E-state index contributed by atoms with van der Waals surface area (Å²) in [6.45, 7) is 4.18. The Bertz CT molecular complexity index is 1130. The van der Waals surface area contributed by atoms with Gasteiger partial charge >= 0.3 is 0 Å². The summed E-state index contributed by atoms with van der Waals surface area (Å²) in [5.41, 5.74) is 6.35. The van der Waals surface area contributed by atoms with Gasteiger partial charge in [-0.05, 0) is 24.3 Å². The maximum absolute atomic E-state index is 13.0. The number of amides is 2. The van der Waals surface area contributed by atoms with Crippen molar-refractivity contribution in [2.24, 2.45) is 5.73 Å². The van der Waals surface area contributed by atoms with E-state index in [1.54, 1.807) is 36.4 Å². The second-order valence-electron chi connectivity index (χ2n) is 6.50. The topological polar surface area (TPSA) is 98.3 Å². The van der Waals surface area contributed by atoms with Crippen LogP contribution >= 0.6 is 11.8 Å². The van der Waals surface area contributed by atoms with Crippen LogP contribution in [0.3, 0.4) is 0 Å². The molecule has 1 heterocycles. The van der Waals surface area contributed by atoms with E-state index < -0.39 is 5.91 Å². The van der Waals surface area contributed by atoms with E-state index in [0.29, 0.717) is 21.7 Å². The van der Waals surface area contributed by atoms with E-state index in [9.17, 15) is 14.4 Å². The molecule has 3 rings (SSSR count). The highest BCUT2D eigenvalue weighted by Crippen LogP contribution is 2.21. The Morgan fingerprint density at radius 2 is 1.83 bits per heavy atom. The maximum Gasteiger partial charge on any atom is 0.262 e. The van der Waals surface area contributed by atoms with Crippen LogP contribution in [0.25, 0.3) is 10.9 Å². The highest BCUT2D eigenvalue weighted by molar-refractivity contribution is 7.99. The molecule has 0 spiro atoms. The van der Waals surface area contributed by atoms with Crippen LogP contribution < -0.4 is 16.2 Å². The molecule has 0 aliphatic carbocycles. The third-order valence-corrected chi connectivity index (χ3v) is 5.37. The van der Waals surface area contributed by atoms with Crippen molar-refractivity contribution in [2.75, 3.05) is 17.2 Å². The summed E-state index contributed by atoms with van der Waals surface area (Å²) in [5, 5.41) is 0.956. The lowest BCUT2D eigenvalue weighted by Gasteiger charge is -2.22. The Kier molecular flexibility index (Phi) is 7.03. The van der Waals surface area contributed by atoms with E-state index >= 15 is 0 Å². The van der Waals surface area contributed by atoms with Crippen LogP contribution in [-0.4, -0.2) is 33.7 Å². The quantitative estimate of drug-likeness (QED) is 0.325. The minimum atomic E-state index is -0.479. The number of carbonyl (C=O) groups excluding carboxylic acids is 2. The number of para-hydroxylation sites is 2. The minimum absolute atomic E-state index is 0.0512. The van der Waals surface area contributed by atoms with Crippen LogP contribution in [0.5, 0.6) is 0 Å². The zero-order valence-corrected chi connectivity index (χ0v) is 17.2. The first kappa shape index (κ1) is 21.3. The molecule has 0 radical (unpaired) electrons. The molecular formula is C22H22N4O3S. The molecule has 0 atom stereocenters. The molecule has 2 amide bonds. The normalized spacial score (nSPS) is 10.7. The number of hydrogen-bond donors (Lipinski definition) is 1. The molecule has 0 fully saturated rings. The van der Waals surface area contributed by atoms with Crippen LogP contribution in [0.2, 0.25) is 0 Å². The fourth-order valence-electron chi connectivity index (χ4n) is 2.98. The molecule has 1 aromatic heterocycles. The molecule has 0 aliphatic heterocycles. The van der Waals surface area contributed by atoms with Gasteiger partial charge in [-0.2, -0.15) is 0 Å². The highest BCUT2D eigenvalue weighted by atomic mass is 32.2. The molecular weight excluding hydrogens is 400 g/mol. The number of hydrogen-bond acceptors (Lipinski definition) is 5. The van der Waals surface area contributed by atoms with Gasteiger partial charge in [0.05, 0.1) is 16.7 Å². The van der Waals surface area contributed by atoms with Crippen molar-refractivity contribution in [3.05, 3.63) is 77.6 Å². The number of benzene rings is 2. The van der Waals surface area contributed by atoms with Gasteiger partial charge < -0.3 is 10.6 Å². The Labute approximate surface area is 178 Å². The van der Waals surface area contributed by atoms with Gasteiger partial charge in [0.2, 0.25) is 11.8 Å². The summed E-state index contributed by atoms with van der Waals surface area (Å²) in [4.78, 5) is 43.1. The zero-order chi connectivity index (χ0) is 21.5. The van der Waals surface area contributed by atoms with E-state index in [1.165, 1.54) is 21.2 Å². The molecule has 2 N–H and O–H groups in total. The van der Waals surface area contributed by atoms with Crippen molar-refractivity contribution in [3.63, 3.8) is 0 Å². The van der Waals surface area contributed by atoms with Crippen LogP contribution in [-0.2, 0) is 16.1 Å². The van der Waals surface area contributed by atoms with Crippen molar-refractivity contribution >= 4 is 40.2 Å². The predicted molar refractivity (Wildman–Crippen MR) is 120 cm³/mol. The van der Waals surface area contributed by atoms with E-state index in [-0.39, 0.29) is 36.7 Å². The first-order valence-corrected chi connectivity index (χ1v) is 10.4. The van der Waals surface area contributed by atoms with Crippen molar-refractivity contribution in [1.82, 2.24) is 9.55 Å². The molecule has 2 aromatic carbocycles. The monoisotopic (exact) mass is 422 g/mol. The summed E-state index contributed by atoms with van der Waals surface area (Å²) >= 11 is 1.18. The number of primary amides is 1. The van der Waals surface area contributed by atoms with Gasteiger partial charge in [0.1, 0.15) is 0 Å². The Morgan fingerprint density at radius 1 is 1.13 bits per heavy atom. The number of aromatic nitrogens is 2. The van der Waals surface area contributed by atoms with Crippen LogP contribution in [0, 0.1) is 0 Å². The average Bonchev–Trinajstić information content (AvgIpc) is 2.75.